The maximum atomic E-state index is 9.75. The quantitative estimate of drug-likeness (QED) is 0.297. The van der Waals surface area contributed by atoms with E-state index in [1.54, 1.807) is 0 Å². The van der Waals surface area contributed by atoms with Crippen LogP contribution in [-0.2, 0) is 4.74 Å². The number of aromatic nitrogens is 3. The molecular weight excluding hydrogens is 308 g/mol. The van der Waals surface area contributed by atoms with Crippen LogP contribution in [0.2, 0.25) is 0 Å². The number of ether oxygens (including phenoxy) is 1. The maximum Gasteiger partial charge on any atom is 0.232 e. The zero-order valence-corrected chi connectivity index (χ0v) is 13.2. The second-order valence-corrected chi connectivity index (χ2v) is 5.04. The predicted molar refractivity (Wildman–Crippen MR) is 79.7 cm³/mol. The van der Waals surface area contributed by atoms with Gasteiger partial charge in [-0.2, -0.15) is 9.97 Å². The van der Waals surface area contributed by atoms with Gasteiger partial charge < -0.3 is 30.3 Å². The van der Waals surface area contributed by atoms with Crippen LogP contribution in [0, 0.1) is 0 Å². The fourth-order valence-electron chi connectivity index (χ4n) is 1.92. The van der Waals surface area contributed by atoms with Crippen molar-refractivity contribution in [1.29, 1.82) is 0 Å². The van der Waals surface area contributed by atoms with E-state index in [1.165, 1.54) is 14.0 Å². The van der Waals surface area contributed by atoms with Gasteiger partial charge in [-0.3, -0.25) is 4.90 Å². The van der Waals surface area contributed by atoms with Gasteiger partial charge in [0.05, 0.1) is 37.8 Å². The Morgan fingerprint density at radius 2 is 1.61 bits per heavy atom. The summed E-state index contributed by atoms with van der Waals surface area (Å²) < 4.78 is 5.00. The number of aliphatic hydroxyl groups excluding tert-OH is 5. The Bertz CT molecular complexity index is 472. The number of anilines is 1. The Balaban J connectivity index is 3.36. The van der Waals surface area contributed by atoms with Gasteiger partial charge in [-0.1, -0.05) is 0 Å². The van der Waals surface area contributed by atoms with E-state index in [9.17, 15) is 25.5 Å². The third-order valence-corrected chi connectivity index (χ3v) is 3.35. The smallest absolute Gasteiger partial charge is 0.232 e. The summed E-state index contributed by atoms with van der Waals surface area (Å²) in [5.41, 5.74) is 0. The van der Waals surface area contributed by atoms with Crippen LogP contribution in [0.25, 0.3) is 0 Å². The molecule has 0 saturated carbocycles. The lowest BCUT2D eigenvalue weighted by atomic mass is 10.0. The molecule has 5 N–H and O–H groups in total. The third-order valence-electron chi connectivity index (χ3n) is 3.35. The van der Waals surface area contributed by atoms with E-state index in [0.29, 0.717) is 0 Å². The highest BCUT2D eigenvalue weighted by Gasteiger charge is 2.25. The molecule has 0 aliphatic heterocycles. The van der Waals surface area contributed by atoms with E-state index in [4.69, 9.17) is 4.74 Å². The van der Waals surface area contributed by atoms with Crippen molar-refractivity contribution >= 4 is 5.95 Å². The topological polar surface area (TPSA) is 152 Å². The van der Waals surface area contributed by atoms with Crippen molar-refractivity contribution in [3.8, 4) is 0 Å². The first kappa shape index (κ1) is 19.6. The lowest BCUT2D eigenvalue weighted by Crippen LogP contribution is -2.31. The summed E-state index contributed by atoms with van der Waals surface area (Å²) in [5.74, 6) is -1.06. The van der Waals surface area contributed by atoms with Gasteiger partial charge in [-0.05, 0) is 6.92 Å². The molecule has 0 fully saturated rings. The van der Waals surface area contributed by atoms with Crippen LogP contribution in [0.4, 0.5) is 5.95 Å². The summed E-state index contributed by atoms with van der Waals surface area (Å²) in [7, 11) is 1.46. The van der Waals surface area contributed by atoms with Gasteiger partial charge in [0, 0.05) is 7.11 Å². The van der Waals surface area contributed by atoms with Gasteiger partial charge in [-0.25, -0.2) is 4.98 Å². The van der Waals surface area contributed by atoms with Crippen LogP contribution in [0.15, 0.2) is 0 Å². The zero-order chi connectivity index (χ0) is 17.4. The zero-order valence-electron chi connectivity index (χ0n) is 13.2. The largest absolute Gasteiger partial charge is 0.396 e. The normalized spacial score (nSPS) is 15.3. The molecule has 10 heteroatoms. The van der Waals surface area contributed by atoms with Crippen LogP contribution in [0.3, 0.4) is 0 Å². The predicted octanol–water partition coefficient (Wildman–Crippen LogP) is -2.24. The van der Waals surface area contributed by atoms with Crippen molar-refractivity contribution in [2.75, 3.05) is 45.3 Å². The summed E-state index contributed by atoms with van der Waals surface area (Å²) >= 11 is 0. The van der Waals surface area contributed by atoms with E-state index in [1.807, 2.05) is 0 Å². The van der Waals surface area contributed by atoms with Crippen LogP contribution in [0.5, 0.6) is 0 Å². The van der Waals surface area contributed by atoms with Crippen molar-refractivity contribution in [3.05, 3.63) is 11.6 Å². The van der Waals surface area contributed by atoms with Gasteiger partial charge >= 0.3 is 0 Å². The molecule has 1 heterocycles. The second kappa shape index (κ2) is 9.65. The van der Waals surface area contributed by atoms with E-state index < -0.39 is 38.0 Å². The molecule has 10 nitrogen and oxygen atoms in total. The standard InChI is InChI=1S/C13H24N4O6/c1-8(22)10(4-19)12-14-11(9(3-18)5-23-2)15-13(16-12)17(6-20)7-21/h8-10,18-22H,3-7H2,1-2H3. The highest BCUT2D eigenvalue weighted by Crippen LogP contribution is 2.21. The average molecular weight is 332 g/mol. The molecule has 1 rings (SSSR count). The van der Waals surface area contributed by atoms with Crippen molar-refractivity contribution in [2.45, 2.75) is 24.9 Å². The minimum Gasteiger partial charge on any atom is -0.396 e. The van der Waals surface area contributed by atoms with Crippen LogP contribution in [0.1, 0.15) is 30.4 Å². The Labute approximate surface area is 134 Å². The molecule has 0 aliphatic rings. The molecule has 0 bridgehead atoms. The summed E-state index contributed by atoms with van der Waals surface area (Å²) in [5, 5.41) is 47.2. The molecule has 132 valence electrons. The monoisotopic (exact) mass is 332 g/mol. The van der Waals surface area contributed by atoms with Gasteiger partial charge in [-0.15, -0.1) is 0 Å². The maximum absolute atomic E-state index is 9.75. The van der Waals surface area contributed by atoms with E-state index in [2.05, 4.69) is 15.0 Å². The number of hydrogen-bond acceptors (Lipinski definition) is 10. The summed E-state index contributed by atoms with van der Waals surface area (Å²) in [6.07, 6.45) is -0.921. The molecule has 23 heavy (non-hydrogen) atoms. The molecule has 1 aromatic heterocycles. The third kappa shape index (κ3) is 5.03. The van der Waals surface area contributed by atoms with Crippen LogP contribution in [-0.4, -0.2) is 87.0 Å². The van der Waals surface area contributed by atoms with E-state index in [0.717, 1.165) is 4.90 Å². The average Bonchev–Trinajstić information content (AvgIpc) is 2.54. The van der Waals surface area contributed by atoms with Crippen molar-refractivity contribution < 1.29 is 30.3 Å². The number of rotatable bonds is 10. The first-order valence-electron chi connectivity index (χ1n) is 7.13. The number of methoxy groups -OCH3 is 1. The van der Waals surface area contributed by atoms with Gasteiger partial charge in [0.15, 0.2) is 0 Å². The lowest BCUT2D eigenvalue weighted by Gasteiger charge is -2.22. The highest BCUT2D eigenvalue weighted by molar-refractivity contribution is 5.29. The summed E-state index contributed by atoms with van der Waals surface area (Å²) in [4.78, 5) is 13.5. The van der Waals surface area contributed by atoms with Crippen molar-refractivity contribution in [2.24, 2.45) is 0 Å². The molecule has 1 aromatic rings. The minimum absolute atomic E-state index is 0.0244. The second-order valence-electron chi connectivity index (χ2n) is 5.04. The van der Waals surface area contributed by atoms with Gasteiger partial charge in [0.2, 0.25) is 5.95 Å². The van der Waals surface area contributed by atoms with Gasteiger partial charge in [0.1, 0.15) is 25.1 Å². The SMILES string of the molecule is COCC(CO)c1nc(C(CO)C(C)O)nc(N(CO)CO)n1. The molecule has 0 aliphatic carbocycles. The first-order chi connectivity index (χ1) is 11.0. The minimum atomic E-state index is -0.921. The summed E-state index contributed by atoms with van der Waals surface area (Å²) in [6.45, 7) is -0.118. The molecule has 0 aromatic carbocycles. The lowest BCUT2D eigenvalue weighted by molar-refractivity contribution is 0.116. The van der Waals surface area contributed by atoms with Crippen molar-refractivity contribution in [3.63, 3.8) is 0 Å². The molecule has 0 amide bonds. The van der Waals surface area contributed by atoms with Gasteiger partial charge in [0.25, 0.3) is 0 Å². The fourth-order valence-corrected chi connectivity index (χ4v) is 1.92. The van der Waals surface area contributed by atoms with Crippen LogP contribution >= 0.6 is 0 Å². The number of aliphatic hydroxyl groups is 5. The highest BCUT2D eigenvalue weighted by atomic mass is 16.5. The molecule has 0 saturated heterocycles. The molecule has 3 atom stereocenters. The first-order valence-corrected chi connectivity index (χ1v) is 7.13. The molecule has 0 radical (unpaired) electrons. The molecular formula is C13H24N4O6. The number of nitrogens with zero attached hydrogens (tertiary/aromatic N) is 4. The molecule has 0 spiro atoms. The van der Waals surface area contributed by atoms with E-state index >= 15 is 0 Å². The Kier molecular flexibility index (Phi) is 8.23. The Hall–Kier alpha value is -1.43. The summed E-state index contributed by atoms with van der Waals surface area (Å²) in [6, 6.07) is 0. The number of hydrogen-bond donors (Lipinski definition) is 5. The fraction of sp³-hybridized carbons (Fsp3) is 0.769. The van der Waals surface area contributed by atoms with Crippen LogP contribution < -0.4 is 4.90 Å². The van der Waals surface area contributed by atoms with Crippen molar-refractivity contribution in [1.82, 2.24) is 15.0 Å². The Morgan fingerprint density at radius 1 is 1.00 bits per heavy atom. The Morgan fingerprint density at radius 3 is 2.04 bits per heavy atom. The molecule has 3 unspecified atom stereocenters. The van der Waals surface area contributed by atoms with E-state index in [-0.39, 0.29) is 30.8 Å².